The van der Waals surface area contributed by atoms with Crippen molar-refractivity contribution in [3.63, 3.8) is 0 Å². The molecule has 6 aromatic rings. The number of fused-ring (bicyclic) bond motifs is 9. The molecule has 0 spiro atoms. The minimum absolute atomic E-state index is 1.08. The van der Waals surface area contributed by atoms with Crippen LogP contribution in [0.25, 0.3) is 54.1 Å². The largest absolute Gasteiger partial charge is 0.350 e. The molecule has 26 heavy (non-hydrogen) atoms. The fourth-order valence-corrected chi connectivity index (χ4v) is 4.37. The molecule has 0 aliphatic carbocycles. The van der Waals surface area contributed by atoms with Crippen LogP contribution in [0.5, 0.6) is 0 Å². The molecule has 0 atom stereocenters. The van der Waals surface area contributed by atoms with Crippen LogP contribution >= 0.6 is 0 Å². The zero-order chi connectivity index (χ0) is 17.3. The number of hydrogen-bond donors (Lipinski definition) is 0. The third-order valence-electron chi connectivity index (χ3n) is 5.56. The molecule has 2 heteroatoms. The lowest BCUT2D eigenvalue weighted by Crippen LogP contribution is -1.90. The molecule has 2 nitrogen and oxygen atoms in total. The number of nitrogens with zero attached hydrogens (tertiary/aromatic N) is 2. The number of pyridine rings is 1. The second-order valence-electron chi connectivity index (χ2n) is 6.99. The van der Waals surface area contributed by atoms with E-state index in [4.69, 9.17) is 4.98 Å². The average Bonchev–Trinajstić information content (AvgIpc) is 3.09. The van der Waals surface area contributed by atoms with Crippen molar-refractivity contribution in [2.45, 2.75) is 0 Å². The number of aryl methyl sites for hydroxylation is 1. The van der Waals surface area contributed by atoms with Gasteiger partial charge in [0.2, 0.25) is 0 Å². The van der Waals surface area contributed by atoms with Gasteiger partial charge in [0.15, 0.2) is 0 Å². The quantitative estimate of drug-likeness (QED) is 0.240. The van der Waals surface area contributed by atoms with E-state index in [9.17, 15) is 0 Å². The first-order valence-corrected chi connectivity index (χ1v) is 8.88. The Balaban J connectivity index is 1.96. The van der Waals surface area contributed by atoms with Crippen LogP contribution < -0.4 is 0 Å². The molecular weight excluding hydrogens is 316 g/mol. The minimum atomic E-state index is 1.08. The molecule has 0 N–H and O–H groups in total. The van der Waals surface area contributed by atoms with E-state index >= 15 is 0 Å². The molecular formula is C24H16N2. The summed E-state index contributed by atoms with van der Waals surface area (Å²) in [5.41, 5.74) is 2.33. The van der Waals surface area contributed by atoms with Gasteiger partial charge in [-0.25, -0.2) is 0 Å². The maximum absolute atomic E-state index is 4.70. The summed E-state index contributed by atoms with van der Waals surface area (Å²) in [5, 5.41) is 10.2. The second kappa shape index (κ2) is 4.83. The number of aromatic nitrogens is 2. The van der Waals surface area contributed by atoms with Crippen molar-refractivity contribution >= 4 is 54.1 Å². The molecule has 0 bridgehead atoms. The highest BCUT2D eigenvalue weighted by molar-refractivity contribution is 6.27. The van der Waals surface area contributed by atoms with Crippen LogP contribution in [0.3, 0.4) is 0 Å². The molecule has 122 valence electrons. The van der Waals surface area contributed by atoms with Gasteiger partial charge >= 0.3 is 0 Å². The molecule has 6 rings (SSSR count). The van der Waals surface area contributed by atoms with Crippen molar-refractivity contribution in [1.82, 2.24) is 9.55 Å². The summed E-state index contributed by atoms with van der Waals surface area (Å²) in [5.74, 6) is 0. The molecule has 0 saturated carbocycles. The Morgan fingerprint density at radius 1 is 0.654 bits per heavy atom. The van der Waals surface area contributed by atoms with E-state index in [2.05, 4.69) is 78.5 Å². The molecule has 0 unspecified atom stereocenters. The van der Waals surface area contributed by atoms with Crippen LogP contribution in [0.15, 0.2) is 79.1 Å². The van der Waals surface area contributed by atoms with E-state index in [1.807, 2.05) is 12.3 Å². The topological polar surface area (TPSA) is 17.8 Å². The molecule has 0 radical (unpaired) electrons. The monoisotopic (exact) mass is 332 g/mol. The SMILES string of the molecule is Cn1ccc2c3ncccc3c3cc4c(ccc5ccccc54)cc3c21. The zero-order valence-corrected chi connectivity index (χ0v) is 14.4. The normalized spacial score (nSPS) is 12.0. The average molecular weight is 332 g/mol. The highest BCUT2D eigenvalue weighted by Crippen LogP contribution is 2.38. The third kappa shape index (κ3) is 1.68. The Kier molecular flexibility index (Phi) is 2.57. The highest BCUT2D eigenvalue weighted by Gasteiger charge is 2.13. The van der Waals surface area contributed by atoms with Gasteiger partial charge in [-0.2, -0.15) is 0 Å². The van der Waals surface area contributed by atoms with Crippen LogP contribution in [0.4, 0.5) is 0 Å². The summed E-state index contributed by atoms with van der Waals surface area (Å²) >= 11 is 0. The number of rotatable bonds is 0. The van der Waals surface area contributed by atoms with Crippen molar-refractivity contribution in [1.29, 1.82) is 0 Å². The van der Waals surface area contributed by atoms with Crippen molar-refractivity contribution in [3.8, 4) is 0 Å². The van der Waals surface area contributed by atoms with Crippen LogP contribution in [-0.2, 0) is 7.05 Å². The fraction of sp³-hybridized carbons (Fsp3) is 0.0417. The van der Waals surface area contributed by atoms with E-state index < -0.39 is 0 Å². The van der Waals surface area contributed by atoms with Gasteiger partial charge in [-0.1, -0.05) is 42.5 Å². The van der Waals surface area contributed by atoms with Crippen molar-refractivity contribution in [2.24, 2.45) is 7.05 Å². The first-order valence-electron chi connectivity index (χ1n) is 8.88. The molecule has 4 aromatic carbocycles. The van der Waals surface area contributed by atoms with Gasteiger partial charge in [-0.3, -0.25) is 4.98 Å². The van der Waals surface area contributed by atoms with Crippen molar-refractivity contribution in [3.05, 3.63) is 79.1 Å². The van der Waals surface area contributed by atoms with E-state index in [1.165, 1.54) is 48.6 Å². The van der Waals surface area contributed by atoms with Crippen molar-refractivity contribution in [2.75, 3.05) is 0 Å². The van der Waals surface area contributed by atoms with E-state index in [-0.39, 0.29) is 0 Å². The maximum Gasteiger partial charge on any atom is 0.0802 e. The van der Waals surface area contributed by atoms with Crippen LogP contribution in [0.1, 0.15) is 0 Å². The van der Waals surface area contributed by atoms with Gasteiger partial charge in [-0.05, 0) is 51.2 Å². The molecule has 0 fully saturated rings. The lowest BCUT2D eigenvalue weighted by atomic mass is 9.95. The third-order valence-corrected chi connectivity index (χ3v) is 5.56. The van der Waals surface area contributed by atoms with Gasteiger partial charge in [0.25, 0.3) is 0 Å². The zero-order valence-electron chi connectivity index (χ0n) is 14.4. The summed E-state index contributed by atoms with van der Waals surface area (Å²) in [6.07, 6.45) is 4.01. The van der Waals surface area contributed by atoms with Crippen LogP contribution in [0.2, 0.25) is 0 Å². The smallest absolute Gasteiger partial charge is 0.0802 e. The lowest BCUT2D eigenvalue weighted by molar-refractivity contribution is 0.973. The summed E-state index contributed by atoms with van der Waals surface area (Å²) < 4.78 is 2.21. The van der Waals surface area contributed by atoms with E-state index in [1.54, 1.807) is 0 Å². The number of benzene rings is 4. The minimum Gasteiger partial charge on any atom is -0.350 e. The molecule has 2 aromatic heterocycles. The summed E-state index contributed by atoms with van der Waals surface area (Å²) in [6, 6.07) is 24.1. The molecule has 0 aliphatic rings. The molecule has 0 saturated heterocycles. The van der Waals surface area contributed by atoms with Gasteiger partial charge in [0, 0.05) is 35.6 Å². The van der Waals surface area contributed by atoms with Crippen LogP contribution in [-0.4, -0.2) is 9.55 Å². The Labute approximate surface area is 150 Å². The summed E-state index contributed by atoms with van der Waals surface area (Å²) in [6.45, 7) is 0. The van der Waals surface area contributed by atoms with Gasteiger partial charge in [-0.15, -0.1) is 0 Å². The standard InChI is InChI=1S/C24H16N2/c1-26-12-10-19-23-18(7-4-11-25-23)21-14-20-16(13-22(21)24(19)26)9-8-15-5-2-3-6-17(15)20/h2-14H,1H3. The highest BCUT2D eigenvalue weighted by atomic mass is 14.9. The van der Waals surface area contributed by atoms with Gasteiger partial charge in [0.05, 0.1) is 11.0 Å². The molecule has 0 aliphatic heterocycles. The first kappa shape index (κ1) is 13.9. The lowest BCUT2D eigenvalue weighted by Gasteiger charge is -2.11. The van der Waals surface area contributed by atoms with E-state index in [0.717, 1.165) is 5.52 Å². The number of hydrogen-bond acceptors (Lipinski definition) is 1. The predicted octanol–water partition coefficient (Wildman–Crippen LogP) is 6.19. The summed E-state index contributed by atoms with van der Waals surface area (Å²) in [4.78, 5) is 4.70. The Bertz CT molecular complexity index is 1490. The molecule has 0 amide bonds. The molecule has 2 heterocycles. The van der Waals surface area contributed by atoms with E-state index in [0.29, 0.717) is 0 Å². The Morgan fingerprint density at radius 3 is 2.46 bits per heavy atom. The van der Waals surface area contributed by atoms with Crippen LogP contribution in [0, 0.1) is 0 Å². The fourth-order valence-electron chi connectivity index (χ4n) is 4.37. The second-order valence-corrected chi connectivity index (χ2v) is 6.99. The Morgan fingerprint density at radius 2 is 1.50 bits per heavy atom. The predicted molar refractivity (Wildman–Crippen MR) is 111 cm³/mol. The summed E-state index contributed by atoms with van der Waals surface area (Å²) in [7, 11) is 2.11. The Hall–Kier alpha value is -3.39. The van der Waals surface area contributed by atoms with Gasteiger partial charge in [0.1, 0.15) is 0 Å². The maximum atomic E-state index is 4.70. The van der Waals surface area contributed by atoms with Crippen molar-refractivity contribution < 1.29 is 0 Å². The van der Waals surface area contributed by atoms with Gasteiger partial charge < -0.3 is 4.57 Å². The first-order chi connectivity index (χ1) is 12.8.